The highest BCUT2D eigenvalue weighted by molar-refractivity contribution is 5.39. The first-order valence-corrected chi connectivity index (χ1v) is 6.57. The molecule has 1 unspecified atom stereocenters. The van der Waals surface area contributed by atoms with E-state index in [-0.39, 0.29) is 11.5 Å². The third-order valence-corrected chi connectivity index (χ3v) is 3.41. The monoisotopic (exact) mass is 260 g/mol. The summed E-state index contributed by atoms with van der Waals surface area (Å²) >= 11 is 0. The number of nitriles is 1. The number of hydrogen-bond donors (Lipinski definition) is 0. The highest BCUT2D eigenvalue weighted by Gasteiger charge is 2.17. The first-order valence-electron chi connectivity index (χ1n) is 6.57. The normalized spacial score (nSPS) is 13.2. The van der Waals surface area contributed by atoms with Crippen LogP contribution in [0.5, 0.6) is 5.75 Å². The zero-order valence-electron chi connectivity index (χ0n) is 12.8. The lowest BCUT2D eigenvalue weighted by Crippen LogP contribution is -2.27. The van der Waals surface area contributed by atoms with Gasteiger partial charge in [0.25, 0.3) is 0 Å². The highest BCUT2D eigenvalue weighted by atomic mass is 16.5. The predicted octanol–water partition coefficient (Wildman–Crippen LogP) is 3.34. The average Bonchev–Trinajstić information content (AvgIpc) is 2.36. The first-order chi connectivity index (χ1) is 8.79. The smallest absolute Gasteiger partial charge is 0.123 e. The van der Waals surface area contributed by atoms with Crippen LogP contribution >= 0.6 is 0 Å². The van der Waals surface area contributed by atoms with Crippen LogP contribution in [0.4, 0.5) is 0 Å². The standard InChI is InChI=1S/C16H24N2O/c1-12(10-17)18(5)11-13-9-14(16(2,3)4)7-8-15(13)19-6/h7-9,12H,11H2,1-6H3. The van der Waals surface area contributed by atoms with Gasteiger partial charge in [0.2, 0.25) is 0 Å². The van der Waals surface area contributed by atoms with Crippen LogP contribution in [-0.4, -0.2) is 25.1 Å². The van der Waals surface area contributed by atoms with E-state index in [1.54, 1.807) is 7.11 Å². The number of methoxy groups -OCH3 is 1. The van der Waals surface area contributed by atoms with Crippen molar-refractivity contribution in [3.63, 3.8) is 0 Å². The zero-order valence-corrected chi connectivity index (χ0v) is 12.8. The second kappa shape index (κ2) is 6.08. The van der Waals surface area contributed by atoms with Gasteiger partial charge in [-0.1, -0.05) is 32.9 Å². The van der Waals surface area contributed by atoms with Gasteiger partial charge in [-0.25, -0.2) is 0 Å². The van der Waals surface area contributed by atoms with E-state index in [1.807, 2.05) is 24.9 Å². The molecule has 0 bridgehead atoms. The quantitative estimate of drug-likeness (QED) is 0.833. The summed E-state index contributed by atoms with van der Waals surface area (Å²) in [4.78, 5) is 2.02. The number of ether oxygens (including phenoxy) is 1. The van der Waals surface area contributed by atoms with Crippen LogP contribution in [0.2, 0.25) is 0 Å². The molecule has 0 aromatic heterocycles. The molecule has 3 nitrogen and oxygen atoms in total. The van der Waals surface area contributed by atoms with Crippen LogP contribution < -0.4 is 4.74 Å². The molecule has 0 N–H and O–H groups in total. The van der Waals surface area contributed by atoms with E-state index in [1.165, 1.54) is 5.56 Å². The fourth-order valence-corrected chi connectivity index (χ4v) is 1.87. The molecule has 1 rings (SSSR count). The van der Waals surface area contributed by atoms with Crippen molar-refractivity contribution in [2.75, 3.05) is 14.2 Å². The molecule has 1 atom stereocenters. The van der Waals surface area contributed by atoms with Gasteiger partial charge in [0.05, 0.1) is 19.2 Å². The van der Waals surface area contributed by atoms with E-state index < -0.39 is 0 Å². The van der Waals surface area contributed by atoms with E-state index >= 15 is 0 Å². The van der Waals surface area contributed by atoms with Crippen LogP contribution in [0.15, 0.2) is 18.2 Å². The Labute approximate surface area is 116 Å². The lowest BCUT2D eigenvalue weighted by Gasteiger charge is -2.24. The minimum atomic E-state index is -0.108. The molecule has 104 valence electrons. The fourth-order valence-electron chi connectivity index (χ4n) is 1.87. The number of nitrogens with zero attached hydrogens (tertiary/aromatic N) is 2. The summed E-state index contributed by atoms with van der Waals surface area (Å²) in [6.45, 7) is 9.20. The van der Waals surface area contributed by atoms with E-state index in [9.17, 15) is 0 Å². The molecule has 0 saturated carbocycles. The van der Waals surface area contributed by atoms with Crippen molar-refractivity contribution in [3.05, 3.63) is 29.3 Å². The predicted molar refractivity (Wildman–Crippen MR) is 78.2 cm³/mol. The van der Waals surface area contributed by atoms with Gasteiger partial charge in [0, 0.05) is 12.1 Å². The van der Waals surface area contributed by atoms with E-state index in [4.69, 9.17) is 10.00 Å². The molecule has 0 heterocycles. The minimum Gasteiger partial charge on any atom is -0.496 e. The van der Waals surface area contributed by atoms with Crippen LogP contribution in [0.25, 0.3) is 0 Å². The largest absolute Gasteiger partial charge is 0.496 e. The molecular formula is C16H24N2O. The van der Waals surface area contributed by atoms with E-state index in [0.29, 0.717) is 6.54 Å². The van der Waals surface area contributed by atoms with Gasteiger partial charge < -0.3 is 4.74 Å². The minimum absolute atomic E-state index is 0.108. The van der Waals surface area contributed by atoms with Crippen LogP contribution in [0.3, 0.4) is 0 Å². The van der Waals surface area contributed by atoms with Crippen molar-refractivity contribution in [3.8, 4) is 11.8 Å². The maximum absolute atomic E-state index is 8.97. The zero-order chi connectivity index (χ0) is 14.6. The molecule has 0 saturated heterocycles. The Bertz CT molecular complexity index is 469. The highest BCUT2D eigenvalue weighted by Crippen LogP contribution is 2.28. The summed E-state index contributed by atoms with van der Waals surface area (Å²) in [7, 11) is 3.64. The maximum Gasteiger partial charge on any atom is 0.123 e. The molecule has 3 heteroatoms. The number of hydrogen-bond acceptors (Lipinski definition) is 3. The molecule has 0 aliphatic carbocycles. The van der Waals surface area contributed by atoms with Crippen molar-refractivity contribution in [2.45, 2.75) is 45.7 Å². The number of rotatable bonds is 4. The Morgan fingerprint density at radius 3 is 2.47 bits per heavy atom. The van der Waals surface area contributed by atoms with E-state index in [0.717, 1.165) is 11.3 Å². The molecule has 0 aliphatic heterocycles. The Balaban J connectivity index is 3.07. The molecule has 1 aromatic carbocycles. The second-order valence-electron chi connectivity index (χ2n) is 6.00. The molecule has 0 fully saturated rings. The lowest BCUT2D eigenvalue weighted by atomic mass is 9.86. The lowest BCUT2D eigenvalue weighted by molar-refractivity contribution is 0.287. The molecule has 19 heavy (non-hydrogen) atoms. The Kier molecular flexibility index (Phi) is 4.97. The van der Waals surface area contributed by atoms with Crippen LogP contribution in [-0.2, 0) is 12.0 Å². The number of benzene rings is 1. The first kappa shape index (κ1) is 15.5. The topological polar surface area (TPSA) is 36.3 Å². The summed E-state index contributed by atoms with van der Waals surface area (Å²) < 4.78 is 5.42. The molecule has 0 aliphatic rings. The van der Waals surface area contributed by atoms with Gasteiger partial charge >= 0.3 is 0 Å². The van der Waals surface area contributed by atoms with Crippen molar-refractivity contribution in [1.82, 2.24) is 4.90 Å². The Morgan fingerprint density at radius 1 is 1.37 bits per heavy atom. The van der Waals surface area contributed by atoms with Crippen molar-refractivity contribution in [2.24, 2.45) is 0 Å². The summed E-state index contributed by atoms with van der Waals surface area (Å²) in [6.07, 6.45) is 0. The summed E-state index contributed by atoms with van der Waals surface area (Å²) in [5.74, 6) is 0.880. The van der Waals surface area contributed by atoms with Crippen molar-refractivity contribution < 1.29 is 4.74 Å². The average molecular weight is 260 g/mol. The Hall–Kier alpha value is -1.53. The molecule has 0 spiro atoms. The fraction of sp³-hybridized carbons (Fsp3) is 0.562. The summed E-state index contributed by atoms with van der Waals surface area (Å²) in [5.41, 5.74) is 2.52. The second-order valence-corrected chi connectivity index (χ2v) is 6.00. The Morgan fingerprint density at radius 2 is 2.00 bits per heavy atom. The van der Waals surface area contributed by atoms with Gasteiger partial charge in [-0.15, -0.1) is 0 Å². The van der Waals surface area contributed by atoms with Gasteiger partial charge in [0.15, 0.2) is 0 Å². The maximum atomic E-state index is 8.97. The van der Waals surface area contributed by atoms with Crippen LogP contribution in [0.1, 0.15) is 38.8 Å². The summed E-state index contributed by atoms with van der Waals surface area (Å²) in [5, 5.41) is 8.97. The van der Waals surface area contributed by atoms with Crippen molar-refractivity contribution >= 4 is 0 Å². The third kappa shape index (κ3) is 3.97. The molecular weight excluding hydrogens is 236 g/mol. The van der Waals surface area contributed by atoms with Crippen LogP contribution in [0, 0.1) is 11.3 Å². The van der Waals surface area contributed by atoms with Crippen molar-refractivity contribution in [1.29, 1.82) is 5.26 Å². The van der Waals surface area contributed by atoms with Gasteiger partial charge in [-0.2, -0.15) is 5.26 Å². The van der Waals surface area contributed by atoms with Gasteiger partial charge in [0.1, 0.15) is 5.75 Å². The third-order valence-electron chi connectivity index (χ3n) is 3.41. The molecule has 0 radical (unpaired) electrons. The van der Waals surface area contributed by atoms with Gasteiger partial charge in [-0.3, -0.25) is 4.90 Å². The SMILES string of the molecule is COc1ccc(C(C)(C)C)cc1CN(C)C(C)C#N. The van der Waals surface area contributed by atoms with E-state index in [2.05, 4.69) is 39.0 Å². The summed E-state index contributed by atoms with van der Waals surface area (Å²) in [6, 6.07) is 8.45. The van der Waals surface area contributed by atoms with Gasteiger partial charge in [-0.05, 0) is 31.0 Å². The molecule has 0 amide bonds. The molecule has 1 aromatic rings.